The molecule has 0 aliphatic carbocycles. The van der Waals surface area contributed by atoms with Crippen molar-refractivity contribution >= 4 is 34.9 Å². The summed E-state index contributed by atoms with van der Waals surface area (Å²) >= 11 is 12.5. The first kappa shape index (κ1) is 22.1. The minimum absolute atomic E-state index is 0.222. The summed E-state index contributed by atoms with van der Waals surface area (Å²) in [6.45, 7) is 6.82. The average molecular weight is 468 g/mol. The van der Waals surface area contributed by atoms with Gasteiger partial charge in [0.25, 0.3) is 5.91 Å². The van der Waals surface area contributed by atoms with Gasteiger partial charge in [-0.3, -0.25) is 14.2 Å². The van der Waals surface area contributed by atoms with E-state index in [4.69, 9.17) is 23.2 Å². The molecule has 0 fully saturated rings. The molecule has 1 N–H and O–H groups in total. The number of hydrogen-bond acceptors (Lipinski definition) is 3. The molecule has 2 heterocycles. The summed E-state index contributed by atoms with van der Waals surface area (Å²) in [6, 6.07) is 16.9. The van der Waals surface area contributed by atoms with Crippen molar-refractivity contribution in [2.75, 3.05) is 5.32 Å². The number of amides is 1. The molecular formula is C24H23Cl2N5O. The lowest BCUT2D eigenvalue weighted by molar-refractivity contribution is 0.102. The van der Waals surface area contributed by atoms with Crippen molar-refractivity contribution in [1.82, 2.24) is 19.6 Å². The third-order valence-electron chi connectivity index (χ3n) is 5.32. The summed E-state index contributed by atoms with van der Waals surface area (Å²) in [7, 11) is 0. The first-order valence-electron chi connectivity index (χ1n) is 10.2. The Balaban J connectivity index is 1.48. The molecule has 1 amide bonds. The van der Waals surface area contributed by atoms with E-state index in [0.717, 1.165) is 28.2 Å². The maximum Gasteiger partial charge on any atom is 0.256 e. The van der Waals surface area contributed by atoms with Crippen LogP contribution in [0.15, 0.2) is 54.6 Å². The van der Waals surface area contributed by atoms with E-state index in [1.807, 2.05) is 78.7 Å². The Morgan fingerprint density at radius 3 is 2.44 bits per heavy atom. The lowest BCUT2D eigenvalue weighted by atomic mass is 10.1. The first-order valence-corrected chi connectivity index (χ1v) is 10.9. The third-order valence-corrected chi connectivity index (χ3v) is 6.23. The van der Waals surface area contributed by atoms with E-state index in [-0.39, 0.29) is 5.91 Å². The normalized spacial score (nSPS) is 11.0. The molecule has 8 heteroatoms. The molecule has 0 aliphatic heterocycles. The van der Waals surface area contributed by atoms with Crippen molar-refractivity contribution in [3.8, 4) is 0 Å². The van der Waals surface area contributed by atoms with E-state index in [2.05, 4.69) is 15.5 Å². The number of nitrogens with zero attached hydrogens (tertiary/aromatic N) is 4. The molecule has 4 aromatic rings. The molecule has 0 spiro atoms. The zero-order valence-electron chi connectivity index (χ0n) is 18.1. The van der Waals surface area contributed by atoms with Crippen LogP contribution in [0.5, 0.6) is 0 Å². The highest BCUT2D eigenvalue weighted by Crippen LogP contribution is 2.21. The Morgan fingerprint density at radius 2 is 1.72 bits per heavy atom. The number of aryl methyl sites for hydroxylation is 2. The molecule has 0 unspecified atom stereocenters. The van der Waals surface area contributed by atoms with Gasteiger partial charge in [0.15, 0.2) is 5.82 Å². The van der Waals surface area contributed by atoms with Gasteiger partial charge in [-0.25, -0.2) is 0 Å². The molecule has 4 rings (SSSR count). The molecule has 0 aliphatic rings. The molecule has 0 bridgehead atoms. The van der Waals surface area contributed by atoms with Gasteiger partial charge in [-0.05, 0) is 50.1 Å². The molecule has 0 saturated heterocycles. The van der Waals surface area contributed by atoms with Gasteiger partial charge in [0, 0.05) is 22.3 Å². The third kappa shape index (κ3) is 4.71. The van der Waals surface area contributed by atoms with Crippen LogP contribution < -0.4 is 5.32 Å². The summed E-state index contributed by atoms with van der Waals surface area (Å²) in [5, 5.41) is 13.2. The van der Waals surface area contributed by atoms with Gasteiger partial charge >= 0.3 is 0 Å². The fraction of sp³-hybridized carbons (Fsp3) is 0.208. The predicted octanol–water partition coefficient (Wildman–Crippen LogP) is 5.66. The number of rotatable bonds is 6. The fourth-order valence-electron chi connectivity index (χ4n) is 3.52. The standard InChI is InChI=1S/C24H23Cl2N5O/c1-15-11-22(29-30(15)14-20-8-4-5-10-21(20)25)27-24(32)19-9-6-7-18(12-19)13-31-17(3)23(26)16(2)28-31/h4-12H,13-14H2,1-3H3,(H,27,29,32). The Labute approximate surface area is 196 Å². The highest BCUT2D eigenvalue weighted by atomic mass is 35.5. The molecule has 6 nitrogen and oxygen atoms in total. The van der Waals surface area contributed by atoms with Crippen molar-refractivity contribution in [3.05, 3.63) is 98.4 Å². The van der Waals surface area contributed by atoms with Gasteiger partial charge in [-0.1, -0.05) is 53.5 Å². The minimum Gasteiger partial charge on any atom is -0.305 e. The number of anilines is 1. The number of aromatic nitrogens is 4. The SMILES string of the molecule is Cc1nn(Cc2cccc(C(=O)Nc3cc(C)n(Cc4ccccc4Cl)n3)c2)c(C)c1Cl. The zero-order chi connectivity index (χ0) is 22.8. The maximum absolute atomic E-state index is 12.9. The zero-order valence-corrected chi connectivity index (χ0v) is 19.6. The molecular weight excluding hydrogens is 445 g/mol. The maximum atomic E-state index is 12.9. The van der Waals surface area contributed by atoms with E-state index in [1.54, 1.807) is 6.07 Å². The second kappa shape index (κ2) is 9.18. The Morgan fingerprint density at radius 1 is 0.938 bits per heavy atom. The number of halogens is 2. The first-order chi connectivity index (χ1) is 15.3. The molecule has 164 valence electrons. The van der Waals surface area contributed by atoms with Crippen molar-refractivity contribution in [2.45, 2.75) is 33.9 Å². The van der Waals surface area contributed by atoms with Crippen molar-refractivity contribution in [3.63, 3.8) is 0 Å². The quantitative estimate of drug-likeness (QED) is 0.397. The van der Waals surface area contributed by atoms with Gasteiger partial charge in [0.05, 0.1) is 29.5 Å². The largest absolute Gasteiger partial charge is 0.305 e. The van der Waals surface area contributed by atoms with Crippen LogP contribution in [0.25, 0.3) is 0 Å². The smallest absolute Gasteiger partial charge is 0.256 e. The Kier molecular flexibility index (Phi) is 6.35. The van der Waals surface area contributed by atoms with Gasteiger partial charge < -0.3 is 5.32 Å². The Hall–Kier alpha value is -3.09. The average Bonchev–Trinajstić information content (AvgIpc) is 3.23. The van der Waals surface area contributed by atoms with Gasteiger partial charge in [0.1, 0.15) is 0 Å². The van der Waals surface area contributed by atoms with E-state index >= 15 is 0 Å². The van der Waals surface area contributed by atoms with Crippen molar-refractivity contribution in [2.24, 2.45) is 0 Å². The highest BCUT2D eigenvalue weighted by molar-refractivity contribution is 6.32. The summed E-state index contributed by atoms with van der Waals surface area (Å²) in [5.41, 5.74) is 5.10. The second-order valence-corrected chi connectivity index (χ2v) is 8.50. The van der Waals surface area contributed by atoms with Gasteiger partial charge in [0.2, 0.25) is 0 Å². The van der Waals surface area contributed by atoms with Crippen LogP contribution in [-0.4, -0.2) is 25.5 Å². The fourth-order valence-corrected chi connectivity index (χ4v) is 3.85. The summed E-state index contributed by atoms with van der Waals surface area (Å²) < 4.78 is 3.66. The van der Waals surface area contributed by atoms with Gasteiger partial charge in [-0.2, -0.15) is 10.2 Å². The van der Waals surface area contributed by atoms with E-state index < -0.39 is 0 Å². The van der Waals surface area contributed by atoms with Crippen LogP contribution in [0.3, 0.4) is 0 Å². The molecule has 0 atom stereocenters. The topological polar surface area (TPSA) is 64.7 Å². The van der Waals surface area contributed by atoms with Crippen molar-refractivity contribution in [1.29, 1.82) is 0 Å². The van der Waals surface area contributed by atoms with E-state index in [1.165, 1.54) is 0 Å². The van der Waals surface area contributed by atoms with Crippen LogP contribution in [0.1, 0.15) is 38.6 Å². The molecule has 32 heavy (non-hydrogen) atoms. The number of carbonyl (C=O) groups is 1. The predicted molar refractivity (Wildman–Crippen MR) is 128 cm³/mol. The lowest BCUT2D eigenvalue weighted by Crippen LogP contribution is -2.14. The molecule has 0 saturated carbocycles. The summed E-state index contributed by atoms with van der Waals surface area (Å²) in [5.74, 6) is 0.274. The van der Waals surface area contributed by atoms with Crippen molar-refractivity contribution < 1.29 is 4.79 Å². The van der Waals surface area contributed by atoms with Gasteiger partial charge in [-0.15, -0.1) is 0 Å². The van der Waals surface area contributed by atoms with E-state index in [0.29, 0.717) is 34.5 Å². The number of nitrogens with one attached hydrogen (secondary N) is 1. The monoisotopic (exact) mass is 467 g/mol. The van der Waals surface area contributed by atoms with Crippen LogP contribution >= 0.6 is 23.2 Å². The lowest BCUT2D eigenvalue weighted by Gasteiger charge is -2.08. The molecule has 0 radical (unpaired) electrons. The van der Waals surface area contributed by atoms with Crippen LogP contribution in [0.4, 0.5) is 5.82 Å². The second-order valence-electron chi connectivity index (χ2n) is 7.72. The number of carbonyl (C=O) groups excluding carboxylic acids is 1. The summed E-state index contributed by atoms with van der Waals surface area (Å²) in [6.07, 6.45) is 0. The molecule has 2 aromatic heterocycles. The van der Waals surface area contributed by atoms with Crippen LogP contribution in [0.2, 0.25) is 10.0 Å². The Bertz CT molecular complexity index is 1290. The number of benzene rings is 2. The van der Waals surface area contributed by atoms with E-state index in [9.17, 15) is 4.79 Å². The summed E-state index contributed by atoms with van der Waals surface area (Å²) in [4.78, 5) is 12.9. The molecule has 2 aromatic carbocycles. The highest BCUT2D eigenvalue weighted by Gasteiger charge is 2.13. The van der Waals surface area contributed by atoms with Crippen LogP contribution in [0, 0.1) is 20.8 Å². The number of hydrogen-bond donors (Lipinski definition) is 1. The minimum atomic E-state index is -0.222. The van der Waals surface area contributed by atoms with Crippen LogP contribution in [-0.2, 0) is 13.1 Å².